The fourth-order valence-corrected chi connectivity index (χ4v) is 7.15. The maximum atomic E-state index is 10.4. The van der Waals surface area contributed by atoms with E-state index >= 15 is 0 Å². The van der Waals surface area contributed by atoms with Crippen molar-refractivity contribution >= 4 is 53.8 Å². The number of nitrogens with one attached hydrogen (secondary N) is 1. The molecular formula is C32H41Cl2N3O3RuS. The number of hydrogen-bond acceptors (Lipinski definition) is 6. The van der Waals surface area contributed by atoms with Crippen molar-refractivity contribution in [3.8, 4) is 5.75 Å². The Hall–Kier alpha value is -2.09. The minimum Gasteiger partial charge on any atom is -0.506 e. The van der Waals surface area contributed by atoms with Crippen LogP contribution in [-0.4, -0.2) is 45.6 Å². The molecule has 1 aliphatic rings. The number of carbonyl (C=O) groups is 1. The van der Waals surface area contributed by atoms with E-state index in [4.69, 9.17) is 24.1 Å². The maximum absolute atomic E-state index is 10.4. The van der Waals surface area contributed by atoms with Crippen molar-refractivity contribution < 1.29 is 27.8 Å². The van der Waals surface area contributed by atoms with Gasteiger partial charge in [0, 0.05) is 12.2 Å². The molecule has 1 fully saturated rings. The number of nitrogens with zero attached hydrogens (tertiary/aromatic N) is 2. The van der Waals surface area contributed by atoms with Crippen LogP contribution in [0.1, 0.15) is 47.2 Å². The van der Waals surface area contributed by atoms with E-state index in [1.54, 1.807) is 11.9 Å². The van der Waals surface area contributed by atoms with Gasteiger partial charge in [0.25, 0.3) is 0 Å². The number of carbonyl (C=O) groups excluding carboxylic acids is 1. The molecule has 0 unspecified atom stereocenters. The summed E-state index contributed by atoms with van der Waals surface area (Å²) in [4.78, 5) is 12.8. The summed E-state index contributed by atoms with van der Waals surface area (Å²) >= 11 is -0.199. The van der Waals surface area contributed by atoms with Crippen LogP contribution in [0.2, 0.25) is 0 Å². The van der Waals surface area contributed by atoms with Gasteiger partial charge < -0.3 is 9.21 Å². The predicted octanol–water partition coefficient (Wildman–Crippen LogP) is 7.83. The standard InChI is InChI=1S/C19H21NO3.C13H19N2S.2ClH.Ru/c1-14(2)23-19-7-5-4-6-18(19)20-11-17-9-8-16(10-15(17)3)12-22-13-21;1-10-7-11(2)13(12(3)8-10)14-5-6-15(9-14)16-4;;;/h3-10,13-14,20H,11-12H2,1-2H3;7-9H,5-6H2,1-4H3;2*1H;/q;-1;;;+2/p-1. The number of hydrogen-bond donors (Lipinski definition) is 1. The zero-order chi connectivity index (χ0) is 30.6. The molecule has 4 rings (SSSR count). The Bertz CT molecular complexity index is 1350. The first-order valence-corrected chi connectivity index (χ1v) is 20.3. The summed E-state index contributed by atoms with van der Waals surface area (Å²) < 4.78 is 13.6. The molecule has 0 radical (unpaired) electrons. The SMILES string of the molecule is CC(C)[OH+]c1ccccc1NCc1ccc(COC=O)cc1[CH]=[Ru]([Cl])[Cl].CSN1[CH-]N(c2c(C)cc(C)cc2C)CC1. The van der Waals surface area contributed by atoms with Crippen LogP contribution in [-0.2, 0) is 36.2 Å². The largest absolute Gasteiger partial charge is 0.506 e. The number of anilines is 2. The number of para-hydroxylation sites is 2. The summed E-state index contributed by atoms with van der Waals surface area (Å²) in [6, 6.07) is 18.4. The fourth-order valence-electron chi connectivity index (χ4n) is 4.82. The molecule has 230 valence electrons. The zero-order valence-electron chi connectivity index (χ0n) is 25.0. The predicted molar refractivity (Wildman–Crippen MR) is 177 cm³/mol. The molecule has 42 heavy (non-hydrogen) atoms. The normalized spacial score (nSPS) is 13.4. The monoisotopic (exact) mass is 719 g/mol. The summed E-state index contributed by atoms with van der Waals surface area (Å²) in [6.07, 6.45) is 2.34. The maximum Gasteiger partial charge on any atom is 0.0142 e. The number of rotatable bonds is 11. The second-order valence-electron chi connectivity index (χ2n) is 10.2. The van der Waals surface area contributed by atoms with Crippen molar-refractivity contribution in [2.45, 2.75) is 53.9 Å². The molecule has 0 spiro atoms. The number of halogens is 2. The van der Waals surface area contributed by atoms with Gasteiger partial charge in [0.05, 0.1) is 0 Å². The van der Waals surface area contributed by atoms with E-state index in [9.17, 15) is 4.79 Å². The van der Waals surface area contributed by atoms with Gasteiger partial charge in [0.15, 0.2) is 0 Å². The minimum absolute atomic E-state index is 0.221. The van der Waals surface area contributed by atoms with Crippen LogP contribution in [0.3, 0.4) is 0 Å². The van der Waals surface area contributed by atoms with Crippen molar-refractivity contribution in [1.29, 1.82) is 0 Å². The molecule has 0 amide bonds. The molecule has 3 aromatic carbocycles. The number of aryl methyl sites for hydroxylation is 3. The molecule has 0 bridgehead atoms. The Morgan fingerprint density at radius 2 is 1.81 bits per heavy atom. The Labute approximate surface area is 268 Å². The molecule has 1 saturated heterocycles. The van der Waals surface area contributed by atoms with E-state index in [-0.39, 0.29) is 12.7 Å². The molecule has 1 aliphatic heterocycles. The Morgan fingerprint density at radius 1 is 1.10 bits per heavy atom. The summed E-state index contributed by atoms with van der Waals surface area (Å²) in [5.74, 6) is 0.936. The van der Waals surface area contributed by atoms with Crippen LogP contribution in [0.25, 0.3) is 0 Å². The smallest absolute Gasteiger partial charge is 0.0142 e. The number of aliphatic hydroxyl groups is 1. The molecule has 1 heterocycles. The van der Waals surface area contributed by atoms with E-state index < -0.39 is 13.5 Å². The van der Waals surface area contributed by atoms with Crippen LogP contribution in [0, 0.1) is 27.4 Å². The fraction of sp³-hybridized carbons (Fsp3) is 0.344. The third kappa shape index (κ3) is 10.6. The van der Waals surface area contributed by atoms with Gasteiger partial charge in [0.2, 0.25) is 0 Å². The van der Waals surface area contributed by atoms with Gasteiger partial charge in [-0.1, -0.05) is 17.7 Å². The van der Waals surface area contributed by atoms with E-state index in [1.807, 2.05) is 47.1 Å². The molecular weight excluding hydrogens is 678 g/mol. The molecule has 6 nitrogen and oxygen atoms in total. The Balaban J connectivity index is 0.000000258. The number of benzene rings is 3. The van der Waals surface area contributed by atoms with Gasteiger partial charge >= 0.3 is 167 Å². The van der Waals surface area contributed by atoms with Gasteiger partial charge in [-0.25, -0.2) is 0 Å². The molecule has 2 N–H and O–H groups in total. The van der Waals surface area contributed by atoms with Crippen LogP contribution in [0.15, 0.2) is 54.6 Å². The van der Waals surface area contributed by atoms with Crippen molar-refractivity contribution in [2.75, 3.05) is 29.6 Å². The van der Waals surface area contributed by atoms with Crippen molar-refractivity contribution in [3.05, 3.63) is 94.6 Å². The van der Waals surface area contributed by atoms with E-state index in [2.05, 4.69) is 78.9 Å². The molecule has 10 heteroatoms. The summed E-state index contributed by atoms with van der Waals surface area (Å²) in [5, 5.41) is 3.44. The van der Waals surface area contributed by atoms with Crippen LogP contribution >= 0.6 is 31.3 Å². The van der Waals surface area contributed by atoms with Crippen molar-refractivity contribution in [3.63, 3.8) is 0 Å². The summed E-state index contributed by atoms with van der Waals surface area (Å²) in [6.45, 7) is 16.4. The first kappa shape index (κ1) is 34.4. The van der Waals surface area contributed by atoms with E-state index in [0.717, 1.165) is 41.2 Å². The molecule has 3 aromatic rings. The van der Waals surface area contributed by atoms with Gasteiger partial charge in [-0.2, -0.15) is 6.67 Å². The molecule has 0 atom stereocenters. The van der Waals surface area contributed by atoms with Crippen LogP contribution in [0.5, 0.6) is 5.75 Å². The average molecular weight is 720 g/mol. The van der Waals surface area contributed by atoms with Crippen LogP contribution in [0.4, 0.5) is 11.4 Å². The van der Waals surface area contributed by atoms with E-state index in [0.29, 0.717) is 13.0 Å². The molecule has 0 aliphatic carbocycles. The first-order valence-electron chi connectivity index (χ1n) is 13.7. The Morgan fingerprint density at radius 3 is 2.43 bits per heavy atom. The van der Waals surface area contributed by atoms with Gasteiger partial charge in [-0.15, -0.1) is 11.9 Å². The Kier molecular flexibility index (Phi) is 14.1. The average Bonchev–Trinajstić information content (AvgIpc) is 3.40. The summed E-state index contributed by atoms with van der Waals surface area (Å²) in [7, 11) is 12.1. The topological polar surface area (TPSA) is 57.6 Å². The third-order valence-electron chi connectivity index (χ3n) is 6.47. The van der Waals surface area contributed by atoms with Crippen molar-refractivity contribution in [2.24, 2.45) is 0 Å². The van der Waals surface area contributed by atoms with Gasteiger partial charge in [0.1, 0.15) is 0 Å². The van der Waals surface area contributed by atoms with Crippen molar-refractivity contribution in [1.82, 2.24) is 4.31 Å². The zero-order valence-corrected chi connectivity index (χ0v) is 29.1. The molecule has 0 aromatic heterocycles. The van der Waals surface area contributed by atoms with Gasteiger partial charge in [-0.05, 0) is 44.7 Å². The second-order valence-corrected chi connectivity index (χ2v) is 16.8. The molecule has 0 saturated carbocycles. The second kappa shape index (κ2) is 17.3. The van der Waals surface area contributed by atoms with E-state index in [1.165, 1.54) is 22.4 Å². The quantitative estimate of drug-likeness (QED) is 0.0545. The minimum atomic E-state index is -1.98. The van der Waals surface area contributed by atoms with Crippen LogP contribution < -0.4 is 10.2 Å². The summed E-state index contributed by atoms with van der Waals surface area (Å²) in [5.41, 5.74) is 9.37. The van der Waals surface area contributed by atoms with Gasteiger partial charge in [-0.3, -0.25) is 0 Å². The number of ether oxygens (including phenoxy) is 2. The first-order chi connectivity index (χ1) is 20.1. The third-order valence-corrected chi connectivity index (χ3v) is 9.05. The number of aromatic hydroxyl groups is 1.